The van der Waals surface area contributed by atoms with Crippen LogP contribution in [0.5, 0.6) is 0 Å². The lowest BCUT2D eigenvalue weighted by molar-refractivity contribution is -0.162. The predicted molar refractivity (Wildman–Crippen MR) is 243 cm³/mol. The molecule has 338 valence electrons. The van der Waals surface area contributed by atoms with Gasteiger partial charge in [-0.15, -0.1) is 0 Å². The summed E-state index contributed by atoms with van der Waals surface area (Å²) in [6.07, 6.45) is 36.7. The first-order chi connectivity index (χ1) is 27.8. The predicted octanol–water partition coefficient (Wildman–Crippen LogP) is 9.54. The van der Waals surface area contributed by atoms with Crippen molar-refractivity contribution in [2.75, 3.05) is 45.8 Å². The molecule has 0 saturated carbocycles. The molecule has 10 heteroatoms. The Bertz CT molecular complexity index is 892. The lowest BCUT2D eigenvalue weighted by Crippen LogP contribution is -2.66. The van der Waals surface area contributed by atoms with Crippen LogP contribution in [0.25, 0.3) is 0 Å². The average Bonchev–Trinajstić information content (AvgIpc) is 3.19. The highest BCUT2D eigenvalue weighted by molar-refractivity contribution is 6.12. The summed E-state index contributed by atoms with van der Waals surface area (Å²) in [5, 5.41) is 17.7. The molecule has 0 bridgehead atoms. The van der Waals surface area contributed by atoms with Crippen LogP contribution in [0.15, 0.2) is 0 Å². The smallest absolute Gasteiger partial charge is 0.332 e. The molecule has 9 N–H and O–H groups in total. The number of Topliss-reactive ketones (excluding diaryl/α,β-unsaturated/α-hetero) is 1. The fraction of sp³-hybridized carbons (Fsp3) is 0.936. The number of rotatable bonds is 47. The van der Waals surface area contributed by atoms with Gasteiger partial charge in [0.2, 0.25) is 5.91 Å². The molecule has 0 aliphatic heterocycles. The molecule has 0 aliphatic carbocycles. The number of carbonyl (C=O) groups excluding carboxylic acids is 2. The van der Waals surface area contributed by atoms with Crippen molar-refractivity contribution >= 4 is 17.7 Å². The van der Waals surface area contributed by atoms with E-state index in [2.05, 4.69) is 24.5 Å². The Morgan fingerprint density at radius 3 is 1.23 bits per heavy atom. The standard InChI is InChI=1S/C47H96N6O4/c1-3-5-7-9-11-13-15-17-19-21-23-25-27-29-40-53(41-30-28-26-24-22-20-18-16-14-12-10-8-6-4-2)47(46(56)57,42-44(50)54)45(55)43(52-39-33-36-49)34-31-37-51-38-32-35-48/h43,51-52H,3-42,48-49H2,1-2H3,(H2,50,54)(H,56,57)/t43-,47+/m0/s1. The number of unbranched alkanes of at least 4 members (excludes halogenated alkanes) is 26. The van der Waals surface area contributed by atoms with Crippen molar-refractivity contribution in [3.05, 3.63) is 0 Å². The molecule has 1 amide bonds. The fourth-order valence-electron chi connectivity index (χ4n) is 8.19. The molecule has 10 nitrogen and oxygen atoms in total. The first-order valence-electron chi connectivity index (χ1n) is 24.5. The number of primary amides is 1. The summed E-state index contributed by atoms with van der Waals surface area (Å²) in [5.41, 5.74) is 15.2. The van der Waals surface area contributed by atoms with Gasteiger partial charge in [0.05, 0.1) is 12.5 Å². The van der Waals surface area contributed by atoms with E-state index in [-0.39, 0.29) is 0 Å². The van der Waals surface area contributed by atoms with E-state index >= 15 is 0 Å². The highest BCUT2D eigenvalue weighted by atomic mass is 16.4. The first kappa shape index (κ1) is 55.4. The Morgan fingerprint density at radius 2 is 0.877 bits per heavy atom. The molecule has 0 aromatic rings. The monoisotopic (exact) mass is 809 g/mol. The molecule has 0 aliphatic rings. The van der Waals surface area contributed by atoms with E-state index in [1.807, 2.05) is 4.90 Å². The van der Waals surface area contributed by atoms with Gasteiger partial charge >= 0.3 is 5.97 Å². The number of nitrogens with zero attached hydrogens (tertiary/aromatic N) is 1. The number of carbonyl (C=O) groups is 3. The number of aliphatic carboxylic acids is 1. The number of nitrogens with one attached hydrogen (secondary N) is 2. The molecule has 0 rings (SSSR count). The van der Waals surface area contributed by atoms with Crippen molar-refractivity contribution in [2.45, 2.75) is 237 Å². The van der Waals surface area contributed by atoms with Gasteiger partial charge in [-0.05, 0) is 84.3 Å². The third kappa shape index (κ3) is 30.1. The Kier molecular flexibility index (Phi) is 40.0. The summed E-state index contributed by atoms with van der Waals surface area (Å²) in [6, 6.07) is -0.724. The molecule has 0 aromatic carbocycles. The Morgan fingerprint density at radius 1 is 0.526 bits per heavy atom. The van der Waals surface area contributed by atoms with Crippen LogP contribution in [0.1, 0.15) is 226 Å². The van der Waals surface area contributed by atoms with Gasteiger partial charge in [0.1, 0.15) is 0 Å². The van der Waals surface area contributed by atoms with Crippen LogP contribution in [-0.2, 0) is 14.4 Å². The Labute approximate surface area is 352 Å². The largest absolute Gasteiger partial charge is 0.480 e. The summed E-state index contributed by atoms with van der Waals surface area (Å²) < 4.78 is 0. The maximum Gasteiger partial charge on any atom is 0.332 e. The summed E-state index contributed by atoms with van der Waals surface area (Å²) in [5.74, 6) is -2.49. The molecule has 2 atom stereocenters. The lowest BCUT2D eigenvalue weighted by Gasteiger charge is -2.41. The summed E-state index contributed by atoms with van der Waals surface area (Å²) >= 11 is 0. The zero-order chi connectivity index (χ0) is 42.1. The van der Waals surface area contributed by atoms with Crippen molar-refractivity contribution < 1.29 is 19.5 Å². The SMILES string of the molecule is CCCCCCCCCCCCCCCCN(CCCCCCCCCCCCCCCC)[C@@](CC(N)=O)(C(=O)O)C(=O)[C@H](CCCNCCCN)NCCCN. The number of hydrogen-bond acceptors (Lipinski definition) is 8. The van der Waals surface area contributed by atoms with Gasteiger partial charge in [0, 0.05) is 0 Å². The van der Waals surface area contributed by atoms with E-state index in [0.717, 1.165) is 51.5 Å². The molecular formula is C47H96N6O4. The fourth-order valence-corrected chi connectivity index (χ4v) is 8.19. The van der Waals surface area contributed by atoms with Gasteiger partial charge in [0.25, 0.3) is 0 Å². The third-order valence-electron chi connectivity index (χ3n) is 11.8. The van der Waals surface area contributed by atoms with Crippen molar-refractivity contribution in [1.29, 1.82) is 0 Å². The van der Waals surface area contributed by atoms with Gasteiger partial charge in [-0.25, -0.2) is 4.79 Å². The van der Waals surface area contributed by atoms with Crippen molar-refractivity contribution in [3.8, 4) is 0 Å². The maximum absolute atomic E-state index is 14.7. The topological polar surface area (TPSA) is 177 Å². The van der Waals surface area contributed by atoms with Crippen molar-refractivity contribution in [3.63, 3.8) is 0 Å². The van der Waals surface area contributed by atoms with Gasteiger partial charge in [0.15, 0.2) is 11.3 Å². The van der Waals surface area contributed by atoms with Gasteiger partial charge in [-0.3, -0.25) is 14.5 Å². The van der Waals surface area contributed by atoms with E-state index in [9.17, 15) is 19.5 Å². The number of amides is 1. The molecule has 0 radical (unpaired) electrons. The van der Waals surface area contributed by atoms with Gasteiger partial charge in [-0.2, -0.15) is 0 Å². The second-order valence-corrected chi connectivity index (χ2v) is 17.0. The van der Waals surface area contributed by atoms with E-state index in [1.165, 1.54) is 141 Å². The second kappa shape index (κ2) is 41.2. The van der Waals surface area contributed by atoms with Crippen LogP contribution < -0.4 is 27.8 Å². The van der Waals surface area contributed by atoms with Gasteiger partial charge in [-0.1, -0.05) is 181 Å². The molecule has 0 heterocycles. The first-order valence-corrected chi connectivity index (χ1v) is 24.5. The van der Waals surface area contributed by atoms with E-state index in [1.54, 1.807) is 0 Å². The van der Waals surface area contributed by atoms with Crippen LogP contribution in [0.3, 0.4) is 0 Å². The quantitative estimate of drug-likeness (QED) is 0.0258. The van der Waals surface area contributed by atoms with Crippen LogP contribution in [-0.4, -0.2) is 85.1 Å². The number of nitrogens with two attached hydrogens (primary N) is 3. The zero-order valence-electron chi connectivity index (χ0n) is 37.7. The van der Waals surface area contributed by atoms with Gasteiger partial charge < -0.3 is 32.9 Å². The highest BCUT2D eigenvalue weighted by Crippen LogP contribution is 2.28. The normalized spacial score (nSPS) is 13.3. The van der Waals surface area contributed by atoms with Crippen LogP contribution >= 0.6 is 0 Å². The minimum atomic E-state index is -2.01. The molecule has 0 saturated heterocycles. The highest BCUT2D eigenvalue weighted by Gasteiger charge is 2.53. The van der Waals surface area contributed by atoms with E-state index in [0.29, 0.717) is 58.5 Å². The second-order valence-electron chi connectivity index (χ2n) is 17.0. The van der Waals surface area contributed by atoms with Crippen molar-refractivity contribution in [2.24, 2.45) is 17.2 Å². The van der Waals surface area contributed by atoms with Crippen LogP contribution in [0.4, 0.5) is 0 Å². The summed E-state index contributed by atoms with van der Waals surface area (Å²) in [7, 11) is 0. The van der Waals surface area contributed by atoms with E-state index in [4.69, 9.17) is 17.2 Å². The molecule has 0 fully saturated rings. The van der Waals surface area contributed by atoms with Crippen LogP contribution in [0.2, 0.25) is 0 Å². The maximum atomic E-state index is 14.7. The summed E-state index contributed by atoms with van der Waals surface area (Å²) in [6.45, 7) is 8.50. The summed E-state index contributed by atoms with van der Waals surface area (Å²) in [4.78, 5) is 42.7. The minimum Gasteiger partial charge on any atom is -0.480 e. The number of hydrogen-bond donors (Lipinski definition) is 6. The van der Waals surface area contributed by atoms with Crippen LogP contribution in [0, 0.1) is 0 Å². The Balaban J connectivity index is 5.50. The average molecular weight is 809 g/mol. The number of carboxylic acid groups (broad SMARTS) is 1. The molecule has 0 unspecified atom stereocenters. The zero-order valence-corrected chi connectivity index (χ0v) is 37.7. The number of ketones is 1. The molecular weight excluding hydrogens is 713 g/mol. The molecule has 0 aromatic heterocycles. The minimum absolute atomic E-state index is 0.455. The molecule has 57 heavy (non-hydrogen) atoms. The molecule has 0 spiro atoms. The van der Waals surface area contributed by atoms with E-state index < -0.39 is 35.7 Å². The Hall–Kier alpha value is -1.59. The lowest BCUT2D eigenvalue weighted by atomic mass is 9.81. The van der Waals surface area contributed by atoms with Crippen molar-refractivity contribution in [1.82, 2.24) is 15.5 Å². The third-order valence-corrected chi connectivity index (χ3v) is 11.8. The number of carboxylic acids is 1.